The highest BCUT2D eigenvalue weighted by Crippen LogP contribution is 2.13. The SMILES string of the molecule is CCn1c(CCC(=O)Cc2cc(C)cc(C)c2)nnc1CCC(C)C. The predicted molar refractivity (Wildman–Crippen MR) is 102 cm³/mol. The van der Waals surface area contributed by atoms with Crippen molar-refractivity contribution >= 4 is 5.78 Å². The third kappa shape index (κ3) is 5.80. The molecule has 1 heterocycles. The minimum atomic E-state index is 0.263. The number of rotatable bonds is 9. The quantitative estimate of drug-likeness (QED) is 0.685. The van der Waals surface area contributed by atoms with Crippen molar-refractivity contribution in [1.29, 1.82) is 0 Å². The molecule has 0 aliphatic rings. The van der Waals surface area contributed by atoms with Crippen LogP contribution in [0.15, 0.2) is 18.2 Å². The molecule has 1 aromatic carbocycles. The van der Waals surface area contributed by atoms with Gasteiger partial charge in [0, 0.05) is 32.2 Å². The summed E-state index contributed by atoms with van der Waals surface area (Å²) in [6.07, 6.45) is 3.77. The first kappa shape index (κ1) is 19.4. The van der Waals surface area contributed by atoms with Crippen LogP contribution in [0.4, 0.5) is 0 Å². The minimum absolute atomic E-state index is 0.263. The Bertz CT molecular complexity index is 696. The van der Waals surface area contributed by atoms with E-state index in [0.29, 0.717) is 25.2 Å². The average molecular weight is 341 g/mol. The molecule has 25 heavy (non-hydrogen) atoms. The van der Waals surface area contributed by atoms with Crippen LogP contribution in [-0.4, -0.2) is 20.5 Å². The molecule has 0 unspecified atom stereocenters. The van der Waals surface area contributed by atoms with Gasteiger partial charge in [0.2, 0.25) is 0 Å². The van der Waals surface area contributed by atoms with Gasteiger partial charge in [-0.25, -0.2) is 0 Å². The van der Waals surface area contributed by atoms with Crippen molar-refractivity contribution in [2.24, 2.45) is 5.92 Å². The van der Waals surface area contributed by atoms with E-state index in [-0.39, 0.29) is 5.78 Å². The maximum atomic E-state index is 12.4. The second kappa shape index (κ2) is 8.93. The number of carbonyl (C=O) groups is 1. The van der Waals surface area contributed by atoms with Gasteiger partial charge in [-0.3, -0.25) is 4.79 Å². The molecule has 1 aromatic heterocycles. The van der Waals surface area contributed by atoms with Crippen LogP contribution in [0.5, 0.6) is 0 Å². The standard InChI is InChI=1S/C21H31N3O/c1-6-24-20(9-7-15(2)3)22-23-21(24)10-8-19(25)14-18-12-16(4)11-17(5)13-18/h11-13,15H,6-10,14H2,1-5H3. The largest absolute Gasteiger partial charge is 0.315 e. The number of aryl methyl sites for hydroxylation is 4. The van der Waals surface area contributed by atoms with Crippen LogP contribution in [0, 0.1) is 19.8 Å². The molecule has 0 saturated carbocycles. The summed E-state index contributed by atoms with van der Waals surface area (Å²) >= 11 is 0. The second-order valence-electron chi connectivity index (χ2n) is 7.42. The van der Waals surface area contributed by atoms with Gasteiger partial charge in [0.15, 0.2) is 0 Å². The highest BCUT2D eigenvalue weighted by Gasteiger charge is 2.13. The van der Waals surface area contributed by atoms with Gasteiger partial charge < -0.3 is 4.57 Å². The van der Waals surface area contributed by atoms with E-state index in [4.69, 9.17) is 0 Å². The highest BCUT2D eigenvalue weighted by atomic mass is 16.1. The van der Waals surface area contributed by atoms with E-state index in [1.807, 2.05) is 0 Å². The summed E-state index contributed by atoms with van der Waals surface area (Å²) in [4.78, 5) is 12.4. The molecule has 0 aliphatic heterocycles. The van der Waals surface area contributed by atoms with Crippen LogP contribution in [-0.2, 0) is 30.6 Å². The van der Waals surface area contributed by atoms with Crippen molar-refractivity contribution in [3.8, 4) is 0 Å². The number of hydrogen-bond acceptors (Lipinski definition) is 3. The number of Topliss-reactive ketones (excluding diaryl/α,β-unsaturated/α-hetero) is 1. The van der Waals surface area contributed by atoms with Gasteiger partial charge >= 0.3 is 0 Å². The van der Waals surface area contributed by atoms with Crippen LogP contribution in [0.2, 0.25) is 0 Å². The zero-order valence-corrected chi connectivity index (χ0v) is 16.3. The summed E-state index contributed by atoms with van der Waals surface area (Å²) in [7, 11) is 0. The Morgan fingerprint density at radius 1 is 1.04 bits per heavy atom. The molecule has 4 nitrogen and oxygen atoms in total. The molecule has 0 N–H and O–H groups in total. The van der Waals surface area contributed by atoms with E-state index < -0.39 is 0 Å². The molecule has 0 fully saturated rings. The zero-order chi connectivity index (χ0) is 18.4. The summed E-state index contributed by atoms with van der Waals surface area (Å²) < 4.78 is 2.17. The lowest BCUT2D eigenvalue weighted by atomic mass is 10.0. The molecule has 0 amide bonds. The molecule has 0 saturated heterocycles. The normalized spacial score (nSPS) is 11.3. The number of nitrogens with zero attached hydrogens (tertiary/aromatic N) is 3. The first-order valence-corrected chi connectivity index (χ1v) is 9.38. The molecule has 2 rings (SSSR count). The molecule has 2 aromatic rings. The first-order valence-electron chi connectivity index (χ1n) is 9.38. The molecule has 0 atom stereocenters. The Kier molecular flexibility index (Phi) is 6.91. The summed E-state index contributed by atoms with van der Waals surface area (Å²) in [5.41, 5.74) is 3.53. The smallest absolute Gasteiger partial charge is 0.137 e. The summed E-state index contributed by atoms with van der Waals surface area (Å²) in [5, 5.41) is 8.68. The Labute approximate surface area is 151 Å². The lowest BCUT2D eigenvalue weighted by Gasteiger charge is -2.09. The van der Waals surface area contributed by atoms with Gasteiger partial charge in [-0.2, -0.15) is 0 Å². The van der Waals surface area contributed by atoms with Crippen molar-refractivity contribution in [3.05, 3.63) is 46.5 Å². The van der Waals surface area contributed by atoms with E-state index >= 15 is 0 Å². The van der Waals surface area contributed by atoms with Crippen molar-refractivity contribution < 1.29 is 4.79 Å². The van der Waals surface area contributed by atoms with Gasteiger partial charge in [-0.05, 0) is 38.7 Å². The van der Waals surface area contributed by atoms with Crippen LogP contribution in [0.1, 0.15) is 62.0 Å². The predicted octanol–water partition coefficient (Wildman–Crippen LogP) is 4.25. The Morgan fingerprint density at radius 2 is 1.64 bits per heavy atom. The second-order valence-corrected chi connectivity index (χ2v) is 7.42. The molecule has 0 aliphatic carbocycles. The van der Waals surface area contributed by atoms with Crippen molar-refractivity contribution in [3.63, 3.8) is 0 Å². The van der Waals surface area contributed by atoms with Crippen molar-refractivity contribution in [2.45, 2.75) is 73.3 Å². The van der Waals surface area contributed by atoms with Crippen molar-refractivity contribution in [1.82, 2.24) is 14.8 Å². The van der Waals surface area contributed by atoms with E-state index in [0.717, 1.165) is 36.6 Å². The first-order chi connectivity index (χ1) is 11.9. The zero-order valence-electron chi connectivity index (χ0n) is 16.3. The molecular formula is C21H31N3O. The number of carbonyl (C=O) groups excluding carboxylic acids is 1. The Hall–Kier alpha value is -1.97. The number of ketones is 1. The topological polar surface area (TPSA) is 47.8 Å². The molecule has 0 radical (unpaired) electrons. The van der Waals surface area contributed by atoms with Crippen LogP contribution >= 0.6 is 0 Å². The lowest BCUT2D eigenvalue weighted by Crippen LogP contribution is -2.10. The molecule has 4 heteroatoms. The monoisotopic (exact) mass is 341 g/mol. The average Bonchev–Trinajstić information content (AvgIpc) is 2.91. The molecule has 0 bridgehead atoms. The van der Waals surface area contributed by atoms with Gasteiger partial charge in [-0.1, -0.05) is 43.2 Å². The van der Waals surface area contributed by atoms with Crippen LogP contribution < -0.4 is 0 Å². The van der Waals surface area contributed by atoms with Crippen LogP contribution in [0.3, 0.4) is 0 Å². The van der Waals surface area contributed by atoms with E-state index in [1.165, 1.54) is 11.1 Å². The molecule has 136 valence electrons. The fourth-order valence-electron chi connectivity index (χ4n) is 3.26. The maximum absolute atomic E-state index is 12.4. The van der Waals surface area contributed by atoms with E-state index in [2.05, 4.69) is 67.6 Å². The van der Waals surface area contributed by atoms with Gasteiger partial charge in [0.05, 0.1) is 0 Å². The number of benzene rings is 1. The number of hydrogen-bond donors (Lipinski definition) is 0. The third-order valence-electron chi connectivity index (χ3n) is 4.48. The van der Waals surface area contributed by atoms with Crippen molar-refractivity contribution in [2.75, 3.05) is 0 Å². The minimum Gasteiger partial charge on any atom is -0.315 e. The molecular weight excluding hydrogens is 310 g/mol. The summed E-state index contributed by atoms with van der Waals surface area (Å²) in [6.45, 7) is 11.6. The maximum Gasteiger partial charge on any atom is 0.137 e. The van der Waals surface area contributed by atoms with E-state index in [9.17, 15) is 4.79 Å². The molecule has 0 spiro atoms. The van der Waals surface area contributed by atoms with Crippen LogP contribution in [0.25, 0.3) is 0 Å². The fraction of sp³-hybridized carbons (Fsp3) is 0.571. The fourth-order valence-corrected chi connectivity index (χ4v) is 3.26. The Morgan fingerprint density at radius 3 is 2.20 bits per heavy atom. The Balaban J connectivity index is 1.95. The summed E-state index contributed by atoms with van der Waals surface area (Å²) in [5.74, 6) is 2.91. The van der Waals surface area contributed by atoms with Gasteiger partial charge in [0.1, 0.15) is 17.4 Å². The lowest BCUT2D eigenvalue weighted by molar-refractivity contribution is -0.118. The van der Waals surface area contributed by atoms with Gasteiger partial charge in [-0.15, -0.1) is 10.2 Å². The van der Waals surface area contributed by atoms with Gasteiger partial charge in [0.25, 0.3) is 0 Å². The van der Waals surface area contributed by atoms with E-state index in [1.54, 1.807) is 0 Å². The summed E-state index contributed by atoms with van der Waals surface area (Å²) in [6, 6.07) is 6.34. The number of aromatic nitrogens is 3. The highest BCUT2D eigenvalue weighted by molar-refractivity contribution is 5.81. The third-order valence-corrected chi connectivity index (χ3v) is 4.48.